The molecule has 0 atom stereocenters. The van der Waals surface area contributed by atoms with Crippen molar-refractivity contribution in [3.63, 3.8) is 0 Å². The minimum atomic E-state index is -0.264. The Morgan fingerprint density at radius 1 is 0.862 bits per heavy atom. The first-order valence-electron chi connectivity index (χ1n) is 8.69. The molecule has 4 rings (SSSR count). The number of amides is 1. The van der Waals surface area contributed by atoms with Crippen LogP contribution in [0.1, 0.15) is 10.4 Å². The van der Waals surface area contributed by atoms with Gasteiger partial charge in [-0.05, 0) is 36.4 Å². The van der Waals surface area contributed by atoms with E-state index in [4.69, 9.17) is 11.6 Å². The fourth-order valence-electron chi connectivity index (χ4n) is 2.63. The maximum atomic E-state index is 12.3. The van der Waals surface area contributed by atoms with Crippen LogP contribution < -0.4 is 10.6 Å². The van der Waals surface area contributed by atoms with Crippen LogP contribution in [0.4, 0.5) is 17.2 Å². The number of aromatic nitrogens is 4. The highest BCUT2D eigenvalue weighted by Crippen LogP contribution is 2.23. The van der Waals surface area contributed by atoms with Gasteiger partial charge in [-0.3, -0.25) is 19.7 Å². The maximum Gasteiger partial charge on any atom is 0.257 e. The lowest BCUT2D eigenvalue weighted by molar-refractivity contribution is 0.102. The van der Waals surface area contributed by atoms with E-state index in [0.29, 0.717) is 27.8 Å². The van der Waals surface area contributed by atoms with E-state index in [1.165, 1.54) is 6.20 Å². The zero-order chi connectivity index (χ0) is 20.1. The van der Waals surface area contributed by atoms with Gasteiger partial charge in [0.05, 0.1) is 35.5 Å². The van der Waals surface area contributed by atoms with Gasteiger partial charge in [0.25, 0.3) is 5.91 Å². The Labute approximate surface area is 171 Å². The lowest BCUT2D eigenvalue weighted by Crippen LogP contribution is -2.12. The smallest absolute Gasteiger partial charge is 0.257 e. The summed E-state index contributed by atoms with van der Waals surface area (Å²) in [5.74, 6) is 0.300. The third-order valence-electron chi connectivity index (χ3n) is 3.95. The molecule has 2 N–H and O–H groups in total. The van der Waals surface area contributed by atoms with E-state index in [0.717, 1.165) is 11.3 Å². The molecule has 3 heterocycles. The summed E-state index contributed by atoms with van der Waals surface area (Å²) in [6.45, 7) is 0. The molecule has 8 heteroatoms. The largest absolute Gasteiger partial charge is 0.339 e. The molecule has 7 nitrogen and oxygen atoms in total. The van der Waals surface area contributed by atoms with Crippen molar-refractivity contribution in [3.05, 3.63) is 90.2 Å². The Morgan fingerprint density at radius 3 is 2.59 bits per heavy atom. The number of benzene rings is 1. The average molecular weight is 403 g/mol. The van der Waals surface area contributed by atoms with Gasteiger partial charge in [0.15, 0.2) is 0 Å². The van der Waals surface area contributed by atoms with E-state index >= 15 is 0 Å². The normalized spacial score (nSPS) is 10.4. The van der Waals surface area contributed by atoms with Crippen LogP contribution in [0.25, 0.3) is 11.3 Å². The number of pyridine rings is 2. The molecule has 0 unspecified atom stereocenters. The molecule has 4 aromatic rings. The molecule has 29 heavy (non-hydrogen) atoms. The minimum Gasteiger partial charge on any atom is -0.339 e. The van der Waals surface area contributed by atoms with Crippen LogP contribution >= 0.6 is 11.6 Å². The second-order valence-electron chi connectivity index (χ2n) is 6.08. The lowest BCUT2D eigenvalue weighted by Gasteiger charge is -2.09. The van der Waals surface area contributed by atoms with E-state index in [-0.39, 0.29) is 5.91 Å². The summed E-state index contributed by atoms with van der Waals surface area (Å²) in [5, 5.41) is 6.60. The third-order valence-corrected chi connectivity index (χ3v) is 4.18. The molecule has 142 valence electrons. The third kappa shape index (κ3) is 4.72. The first-order chi connectivity index (χ1) is 14.2. The van der Waals surface area contributed by atoms with E-state index in [1.54, 1.807) is 61.3 Å². The first kappa shape index (κ1) is 18.5. The van der Waals surface area contributed by atoms with Gasteiger partial charge in [-0.25, -0.2) is 4.98 Å². The molecular formula is C21H15ClN6O. The molecule has 0 aliphatic carbocycles. The van der Waals surface area contributed by atoms with Gasteiger partial charge < -0.3 is 10.6 Å². The molecule has 3 aromatic heterocycles. The molecule has 0 bridgehead atoms. The Balaban J connectivity index is 1.54. The number of rotatable bonds is 5. The lowest BCUT2D eigenvalue weighted by atomic mass is 10.2. The van der Waals surface area contributed by atoms with Crippen molar-refractivity contribution in [1.29, 1.82) is 0 Å². The molecule has 0 saturated carbocycles. The molecular weight excluding hydrogens is 388 g/mol. The monoisotopic (exact) mass is 402 g/mol. The molecule has 0 spiro atoms. The number of nitrogens with zero attached hydrogens (tertiary/aromatic N) is 4. The molecule has 1 amide bonds. The average Bonchev–Trinajstić information content (AvgIpc) is 2.75. The number of nitrogens with one attached hydrogen (secondary N) is 2. The highest BCUT2D eigenvalue weighted by atomic mass is 35.5. The van der Waals surface area contributed by atoms with Gasteiger partial charge in [-0.15, -0.1) is 0 Å². The first-order valence-corrected chi connectivity index (χ1v) is 9.06. The highest BCUT2D eigenvalue weighted by molar-refractivity contribution is 6.30. The summed E-state index contributed by atoms with van der Waals surface area (Å²) in [6.07, 6.45) is 9.59. The van der Waals surface area contributed by atoms with Crippen LogP contribution in [0, 0.1) is 0 Å². The fourth-order valence-corrected chi connectivity index (χ4v) is 2.82. The quantitative estimate of drug-likeness (QED) is 0.507. The Morgan fingerprint density at radius 2 is 1.76 bits per heavy atom. The van der Waals surface area contributed by atoms with Crippen molar-refractivity contribution in [2.45, 2.75) is 0 Å². The summed E-state index contributed by atoms with van der Waals surface area (Å²) in [6, 6.07) is 12.5. The summed E-state index contributed by atoms with van der Waals surface area (Å²) >= 11 is 6.02. The molecule has 0 aliphatic heterocycles. The van der Waals surface area contributed by atoms with Gasteiger partial charge in [0.1, 0.15) is 5.82 Å². The van der Waals surface area contributed by atoms with Crippen molar-refractivity contribution in [2.24, 2.45) is 0 Å². The van der Waals surface area contributed by atoms with Crippen molar-refractivity contribution >= 4 is 34.7 Å². The van der Waals surface area contributed by atoms with E-state index in [2.05, 4.69) is 30.6 Å². The zero-order valence-electron chi connectivity index (χ0n) is 15.1. The number of hydrogen-bond donors (Lipinski definition) is 2. The highest BCUT2D eigenvalue weighted by Gasteiger charge is 2.09. The number of halogens is 1. The second kappa shape index (κ2) is 8.45. The van der Waals surface area contributed by atoms with Crippen LogP contribution in [0.5, 0.6) is 0 Å². The van der Waals surface area contributed by atoms with Crippen molar-refractivity contribution < 1.29 is 4.79 Å². The minimum absolute atomic E-state index is 0.264. The van der Waals surface area contributed by atoms with Crippen LogP contribution in [0.3, 0.4) is 0 Å². The predicted molar refractivity (Wildman–Crippen MR) is 112 cm³/mol. The SMILES string of the molecule is O=C(Nc1cncc(-c2cncc(Nc3cccc(Cl)c3)n2)c1)c1cccnc1. The predicted octanol–water partition coefficient (Wildman–Crippen LogP) is 4.58. The summed E-state index contributed by atoms with van der Waals surface area (Å²) in [5.41, 5.74) is 3.15. The van der Waals surface area contributed by atoms with Crippen molar-refractivity contribution in [1.82, 2.24) is 19.9 Å². The molecule has 0 radical (unpaired) electrons. The van der Waals surface area contributed by atoms with Crippen LogP contribution in [0.2, 0.25) is 5.02 Å². The number of carbonyl (C=O) groups excluding carboxylic acids is 1. The Bertz CT molecular complexity index is 1150. The van der Waals surface area contributed by atoms with Crippen LogP contribution in [-0.4, -0.2) is 25.8 Å². The second-order valence-corrected chi connectivity index (χ2v) is 6.52. The molecule has 0 aliphatic rings. The standard InChI is InChI=1S/C21H15ClN6O/c22-16-4-1-5-17(8-16)26-20-13-25-12-19(28-20)15-7-18(11-24-10-15)27-21(29)14-3-2-6-23-9-14/h1-13H,(H,26,28)(H,27,29). The fraction of sp³-hybridized carbons (Fsp3) is 0. The molecule has 0 fully saturated rings. The Kier molecular flexibility index (Phi) is 5.40. The molecule has 1 aromatic carbocycles. The van der Waals surface area contributed by atoms with E-state index in [9.17, 15) is 4.79 Å². The zero-order valence-corrected chi connectivity index (χ0v) is 15.8. The van der Waals surface area contributed by atoms with E-state index in [1.807, 2.05) is 12.1 Å². The van der Waals surface area contributed by atoms with E-state index < -0.39 is 0 Å². The number of anilines is 3. The van der Waals surface area contributed by atoms with Gasteiger partial charge in [0, 0.05) is 34.9 Å². The summed E-state index contributed by atoms with van der Waals surface area (Å²) in [4.78, 5) is 29.3. The van der Waals surface area contributed by atoms with Gasteiger partial charge in [0.2, 0.25) is 0 Å². The Hall–Kier alpha value is -3.84. The maximum absolute atomic E-state index is 12.3. The van der Waals surface area contributed by atoms with Crippen LogP contribution in [-0.2, 0) is 0 Å². The van der Waals surface area contributed by atoms with Crippen molar-refractivity contribution in [3.8, 4) is 11.3 Å². The topological polar surface area (TPSA) is 92.7 Å². The summed E-state index contributed by atoms with van der Waals surface area (Å²) < 4.78 is 0. The molecule has 0 saturated heterocycles. The number of hydrogen-bond acceptors (Lipinski definition) is 6. The summed E-state index contributed by atoms with van der Waals surface area (Å²) in [7, 11) is 0. The van der Waals surface area contributed by atoms with Crippen molar-refractivity contribution in [2.75, 3.05) is 10.6 Å². The number of carbonyl (C=O) groups is 1. The van der Waals surface area contributed by atoms with Gasteiger partial charge in [-0.1, -0.05) is 17.7 Å². The van der Waals surface area contributed by atoms with Gasteiger partial charge in [-0.2, -0.15) is 0 Å². The van der Waals surface area contributed by atoms with Crippen LogP contribution in [0.15, 0.2) is 79.6 Å². The van der Waals surface area contributed by atoms with Gasteiger partial charge >= 0.3 is 0 Å².